The Morgan fingerprint density at radius 1 is 1.14 bits per heavy atom. The lowest BCUT2D eigenvalue weighted by atomic mass is 9.82. The third kappa shape index (κ3) is 4.67. The van der Waals surface area contributed by atoms with Crippen molar-refractivity contribution in [2.75, 3.05) is 5.73 Å². The largest absolute Gasteiger partial charge is 0.481 e. The number of nitrogens with two attached hydrogens (primary N) is 1. The van der Waals surface area contributed by atoms with Crippen molar-refractivity contribution in [1.29, 1.82) is 0 Å². The van der Waals surface area contributed by atoms with E-state index in [2.05, 4.69) is 30.6 Å². The molecule has 0 aliphatic carbocycles. The van der Waals surface area contributed by atoms with Crippen molar-refractivity contribution in [2.24, 2.45) is 11.8 Å². The zero-order chi connectivity index (χ0) is 20.1. The first-order chi connectivity index (χ1) is 13.4. The van der Waals surface area contributed by atoms with E-state index in [1.54, 1.807) is 18.5 Å². The highest BCUT2D eigenvalue weighted by molar-refractivity contribution is 5.71. The van der Waals surface area contributed by atoms with Gasteiger partial charge in [-0.1, -0.05) is 25.1 Å². The number of hydrogen-bond acceptors (Lipinski definition) is 7. The number of pyridine rings is 2. The summed E-state index contributed by atoms with van der Waals surface area (Å²) in [6.45, 7) is 3.99. The number of H-pyrrole nitrogens is 1. The van der Waals surface area contributed by atoms with Gasteiger partial charge in [0.05, 0.1) is 5.92 Å². The molecule has 0 aromatic carbocycles. The SMILES string of the molecule is CC(C)C[C@H](C(=O)O)C(Cc1ccc(-c2ccc(N)nc2)cn1)c1nn[nH]n1. The summed E-state index contributed by atoms with van der Waals surface area (Å²) in [5, 5.41) is 23.9. The molecule has 9 nitrogen and oxygen atoms in total. The molecule has 0 spiro atoms. The highest BCUT2D eigenvalue weighted by Crippen LogP contribution is 2.31. The van der Waals surface area contributed by atoms with Crippen LogP contribution in [0.5, 0.6) is 0 Å². The van der Waals surface area contributed by atoms with E-state index >= 15 is 0 Å². The van der Waals surface area contributed by atoms with Crippen molar-refractivity contribution < 1.29 is 9.90 Å². The molecule has 0 amide bonds. The number of aromatic nitrogens is 6. The minimum atomic E-state index is -0.868. The number of anilines is 1. The minimum absolute atomic E-state index is 0.226. The lowest BCUT2D eigenvalue weighted by Gasteiger charge is -2.22. The molecule has 0 saturated heterocycles. The molecule has 0 radical (unpaired) electrons. The van der Waals surface area contributed by atoms with Crippen LogP contribution in [0.15, 0.2) is 36.7 Å². The molecule has 1 unspecified atom stereocenters. The maximum absolute atomic E-state index is 11.9. The van der Waals surface area contributed by atoms with Gasteiger partial charge in [0, 0.05) is 41.6 Å². The van der Waals surface area contributed by atoms with E-state index in [9.17, 15) is 9.90 Å². The van der Waals surface area contributed by atoms with E-state index in [1.807, 2.05) is 32.0 Å². The molecule has 2 atom stereocenters. The quantitative estimate of drug-likeness (QED) is 0.539. The third-order valence-electron chi connectivity index (χ3n) is 4.60. The number of carbonyl (C=O) groups is 1. The van der Waals surface area contributed by atoms with Gasteiger partial charge in [0.25, 0.3) is 0 Å². The second-order valence-corrected chi connectivity index (χ2v) is 7.16. The molecule has 0 aliphatic rings. The van der Waals surface area contributed by atoms with Crippen LogP contribution in [-0.4, -0.2) is 41.7 Å². The normalized spacial score (nSPS) is 13.4. The predicted molar refractivity (Wildman–Crippen MR) is 103 cm³/mol. The molecule has 3 rings (SSSR count). The first-order valence-corrected chi connectivity index (χ1v) is 9.07. The molecule has 4 N–H and O–H groups in total. The molecule has 0 fully saturated rings. The number of nitrogen functional groups attached to an aromatic ring is 1. The molecule has 0 aliphatic heterocycles. The monoisotopic (exact) mass is 381 g/mol. The number of hydrogen-bond donors (Lipinski definition) is 3. The number of tetrazole rings is 1. The summed E-state index contributed by atoms with van der Waals surface area (Å²) in [6, 6.07) is 7.43. The van der Waals surface area contributed by atoms with Crippen LogP contribution in [0.1, 0.15) is 37.7 Å². The molecule has 0 saturated carbocycles. The fourth-order valence-electron chi connectivity index (χ4n) is 3.20. The summed E-state index contributed by atoms with van der Waals surface area (Å²) in [5.74, 6) is -0.838. The topological polar surface area (TPSA) is 144 Å². The summed E-state index contributed by atoms with van der Waals surface area (Å²) in [4.78, 5) is 20.5. The van der Waals surface area contributed by atoms with E-state index in [0.29, 0.717) is 24.5 Å². The highest BCUT2D eigenvalue weighted by atomic mass is 16.4. The summed E-state index contributed by atoms with van der Waals surface area (Å²) in [5.41, 5.74) is 8.20. The van der Waals surface area contributed by atoms with Crippen molar-refractivity contribution in [3.8, 4) is 11.1 Å². The van der Waals surface area contributed by atoms with Crippen LogP contribution in [0.2, 0.25) is 0 Å². The molecule has 146 valence electrons. The number of nitrogens with zero attached hydrogens (tertiary/aromatic N) is 5. The Hall–Kier alpha value is -3.36. The van der Waals surface area contributed by atoms with Gasteiger partial charge in [-0.3, -0.25) is 9.78 Å². The fraction of sp³-hybridized carbons (Fsp3) is 0.368. The van der Waals surface area contributed by atoms with Crippen molar-refractivity contribution in [2.45, 2.75) is 32.6 Å². The molecular formula is C19H23N7O2. The zero-order valence-corrected chi connectivity index (χ0v) is 15.8. The van der Waals surface area contributed by atoms with Crippen LogP contribution in [-0.2, 0) is 11.2 Å². The number of carboxylic acids is 1. The van der Waals surface area contributed by atoms with Crippen molar-refractivity contribution in [3.63, 3.8) is 0 Å². The smallest absolute Gasteiger partial charge is 0.307 e. The van der Waals surface area contributed by atoms with Crippen LogP contribution < -0.4 is 5.73 Å². The summed E-state index contributed by atoms with van der Waals surface area (Å²) >= 11 is 0. The van der Waals surface area contributed by atoms with Gasteiger partial charge in [-0.15, -0.1) is 10.2 Å². The fourth-order valence-corrected chi connectivity index (χ4v) is 3.20. The summed E-state index contributed by atoms with van der Waals surface area (Å²) in [7, 11) is 0. The van der Waals surface area contributed by atoms with Gasteiger partial charge >= 0.3 is 5.97 Å². The second kappa shape index (κ2) is 8.55. The van der Waals surface area contributed by atoms with E-state index in [4.69, 9.17) is 5.73 Å². The first-order valence-electron chi connectivity index (χ1n) is 9.07. The average molecular weight is 381 g/mol. The number of aliphatic carboxylic acids is 1. The number of nitrogens with one attached hydrogen (secondary N) is 1. The van der Waals surface area contributed by atoms with Crippen molar-refractivity contribution >= 4 is 11.8 Å². The van der Waals surface area contributed by atoms with E-state index in [0.717, 1.165) is 16.8 Å². The molecule has 3 aromatic rings. The Balaban J connectivity index is 1.84. The lowest BCUT2D eigenvalue weighted by Crippen LogP contribution is -2.26. The van der Waals surface area contributed by atoms with Gasteiger partial charge in [-0.05, 0) is 30.5 Å². The van der Waals surface area contributed by atoms with Crippen LogP contribution in [0.25, 0.3) is 11.1 Å². The van der Waals surface area contributed by atoms with E-state index in [-0.39, 0.29) is 5.92 Å². The molecule has 3 aromatic heterocycles. The third-order valence-corrected chi connectivity index (χ3v) is 4.60. The molecule has 28 heavy (non-hydrogen) atoms. The van der Waals surface area contributed by atoms with Gasteiger partial charge in [-0.2, -0.15) is 5.21 Å². The van der Waals surface area contributed by atoms with E-state index in [1.165, 1.54) is 0 Å². The Bertz CT molecular complexity index is 893. The van der Waals surface area contributed by atoms with Crippen LogP contribution >= 0.6 is 0 Å². The van der Waals surface area contributed by atoms with Crippen LogP contribution in [0.3, 0.4) is 0 Å². The molecule has 0 bridgehead atoms. The standard InChI is InChI=1S/C19H23N7O2/c1-11(2)7-16(19(27)28)15(18-23-25-26-24-18)8-14-5-3-12(9-21-14)13-4-6-17(20)22-10-13/h3-6,9-11,15-16H,7-8H2,1-2H3,(H2,20,22)(H,27,28)(H,23,24,25,26)/t15?,16-/m0/s1. The van der Waals surface area contributed by atoms with Gasteiger partial charge in [0.2, 0.25) is 0 Å². The molecular weight excluding hydrogens is 358 g/mol. The summed E-state index contributed by atoms with van der Waals surface area (Å²) in [6.07, 6.45) is 4.36. The van der Waals surface area contributed by atoms with Gasteiger partial charge in [0.15, 0.2) is 5.82 Å². The number of rotatable bonds is 8. The Morgan fingerprint density at radius 3 is 2.36 bits per heavy atom. The van der Waals surface area contributed by atoms with E-state index < -0.39 is 17.8 Å². The van der Waals surface area contributed by atoms with Crippen LogP contribution in [0, 0.1) is 11.8 Å². The maximum atomic E-state index is 11.9. The average Bonchev–Trinajstić information content (AvgIpc) is 3.20. The number of aromatic amines is 1. The first kappa shape index (κ1) is 19.4. The van der Waals surface area contributed by atoms with Gasteiger partial charge < -0.3 is 10.8 Å². The molecule has 3 heterocycles. The van der Waals surface area contributed by atoms with Gasteiger partial charge in [0.1, 0.15) is 5.82 Å². The zero-order valence-electron chi connectivity index (χ0n) is 15.8. The van der Waals surface area contributed by atoms with Gasteiger partial charge in [-0.25, -0.2) is 4.98 Å². The number of carboxylic acid groups (broad SMARTS) is 1. The highest BCUT2D eigenvalue weighted by Gasteiger charge is 2.33. The Labute approximate surface area is 162 Å². The Morgan fingerprint density at radius 2 is 1.86 bits per heavy atom. The minimum Gasteiger partial charge on any atom is -0.481 e. The predicted octanol–water partition coefficient (Wildman–Crippen LogP) is 2.31. The van der Waals surface area contributed by atoms with Crippen molar-refractivity contribution in [1.82, 2.24) is 30.6 Å². The molecule has 9 heteroatoms. The van der Waals surface area contributed by atoms with Crippen molar-refractivity contribution in [3.05, 3.63) is 48.2 Å². The van der Waals surface area contributed by atoms with Crippen LogP contribution in [0.4, 0.5) is 5.82 Å². The lowest BCUT2D eigenvalue weighted by molar-refractivity contribution is -0.143. The maximum Gasteiger partial charge on any atom is 0.307 e. The Kier molecular flexibility index (Phi) is 5.93. The summed E-state index contributed by atoms with van der Waals surface area (Å²) < 4.78 is 0. The second-order valence-electron chi connectivity index (χ2n) is 7.16.